The van der Waals surface area contributed by atoms with E-state index in [2.05, 4.69) is 20.9 Å². The lowest BCUT2D eigenvalue weighted by Gasteiger charge is -2.09. The Hall–Kier alpha value is -3.68. The topological polar surface area (TPSA) is 115 Å². The van der Waals surface area contributed by atoms with Crippen LogP contribution in [0.5, 0.6) is 0 Å². The minimum atomic E-state index is -0.476. The van der Waals surface area contributed by atoms with Crippen LogP contribution < -0.4 is 16.4 Å². The maximum Gasteiger partial charge on any atom is 0.280 e. The van der Waals surface area contributed by atoms with Gasteiger partial charge in [0.05, 0.1) is 0 Å². The molecule has 0 aliphatic heterocycles. The number of amides is 2. The van der Waals surface area contributed by atoms with E-state index in [-0.39, 0.29) is 24.0 Å². The van der Waals surface area contributed by atoms with E-state index in [9.17, 15) is 9.59 Å². The molecule has 8 nitrogen and oxygen atoms in total. The monoisotopic (exact) mass is 378 g/mol. The molecular formula is C20H22N6O2. The molecule has 0 aliphatic carbocycles. The maximum absolute atomic E-state index is 12.5. The largest absolute Gasteiger partial charge is 0.382 e. The van der Waals surface area contributed by atoms with Crippen molar-refractivity contribution in [3.8, 4) is 0 Å². The van der Waals surface area contributed by atoms with Gasteiger partial charge in [0.2, 0.25) is 5.91 Å². The van der Waals surface area contributed by atoms with Crippen LogP contribution in [0.2, 0.25) is 0 Å². The number of nitrogens with two attached hydrogens (primary N) is 1. The zero-order valence-electron chi connectivity index (χ0n) is 16.0. The normalized spacial score (nSPS) is 10.5. The first kappa shape index (κ1) is 19.1. The molecule has 0 bridgehead atoms. The number of hydrogen-bond donors (Lipinski definition) is 3. The molecule has 144 valence electrons. The highest BCUT2D eigenvalue weighted by atomic mass is 16.2. The number of nitrogens with one attached hydrogen (secondary N) is 2. The fraction of sp³-hybridized carbons (Fsp3) is 0.200. The molecule has 2 amide bonds. The van der Waals surface area contributed by atoms with Gasteiger partial charge in [-0.15, -0.1) is 5.10 Å². The molecule has 0 spiro atoms. The molecule has 1 heterocycles. The second kappa shape index (κ2) is 7.91. The summed E-state index contributed by atoms with van der Waals surface area (Å²) in [6.07, 6.45) is 0. The van der Waals surface area contributed by atoms with Crippen LogP contribution >= 0.6 is 0 Å². The van der Waals surface area contributed by atoms with Crippen molar-refractivity contribution < 1.29 is 9.59 Å². The Morgan fingerprint density at radius 2 is 1.68 bits per heavy atom. The summed E-state index contributed by atoms with van der Waals surface area (Å²) in [6, 6.07) is 13.2. The zero-order chi connectivity index (χ0) is 20.3. The fourth-order valence-corrected chi connectivity index (χ4v) is 2.62. The third-order valence-corrected chi connectivity index (χ3v) is 4.26. The van der Waals surface area contributed by atoms with Crippen molar-refractivity contribution in [3.05, 3.63) is 64.8 Å². The van der Waals surface area contributed by atoms with Gasteiger partial charge in [0.1, 0.15) is 6.54 Å². The van der Waals surface area contributed by atoms with Gasteiger partial charge in [-0.3, -0.25) is 9.59 Å². The number of aromatic nitrogens is 3. The van der Waals surface area contributed by atoms with Crippen molar-refractivity contribution in [2.75, 3.05) is 16.4 Å². The molecule has 0 atom stereocenters. The first-order valence-corrected chi connectivity index (χ1v) is 8.77. The molecule has 2 aromatic carbocycles. The minimum Gasteiger partial charge on any atom is -0.382 e. The van der Waals surface area contributed by atoms with Gasteiger partial charge in [-0.05, 0) is 50.1 Å². The maximum atomic E-state index is 12.5. The van der Waals surface area contributed by atoms with Gasteiger partial charge in [0.25, 0.3) is 5.91 Å². The number of aryl methyl sites for hydroxylation is 3. The van der Waals surface area contributed by atoms with Gasteiger partial charge in [-0.2, -0.15) is 0 Å². The summed E-state index contributed by atoms with van der Waals surface area (Å²) in [6.45, 7) is 5.65. The Balaban J connectivity index is 1.69. The molecule has 0 fully saturated rings. The van der Waals surface area contributed by atoms with E-state index in [0.717, 1.165) is 16.7 Å². The molecule has 3 aromatic rings. The van der Waals surface area contributed by atoms with Crippen LogP contribution in [-0.2, 0) is 11.3 Å². The first-order valence-electron chi connectivity index (χ1n) is 8.77. The number of anilines is 3. The van der Waals surface area contributed by atoms with Crippen LogP contribution in [0, 0.1) is 20.8 Å². The summed E-state index contributed by atoms with van der Waals surface area (Å²) in [4.78, 5) is 24.7. The fourth-order valence-electron chi connectivity index (χ4n) is 2.62. The van der Waals surface area contributed by atoms with E-state index in [1.807, 2.05) is 51.1 Å². The second-order valence-corrected chi connectivity index (χ2v) is 6.67. The number of benzene rings is 2. The molecule has 0 radical (unpaired) electrons. The Bertz CT molecular complexity index is 1020. The molecule has 3 rings (SSSR count). The summed E-state index contributed by atoms with van der Waals surface area (Å²) in [7, 11) is 0. The lowest BCUT2D eigenvalue weighted by Crippen LogP contribution is -2.21. The average Bonchev–Trinajstić information content (AvgIpc) is 3.00. The highest BCUT2D eigenvalue weighted by Gasteiger charge is 2.19. The summed E-state index contributed by atoms with van der Waals surface area (Å²) in [5.41, 5.74) is 10.3. The summed E-state index contributed by atoms with van der Waals surface area (Å²) in [5.74, 6) is -0.764. The van der Waals surface area contributed by atoms with Crippen molar-refractivity contribution in [2.24, 2.45) is 0 Å². The minimum absolute atomic E-state index is 0.0240. The van der Waals surface area contributed by atoms with Gasteiger partial charge in [-0.1, -0.05) is 35.0 Å². The highest BCUT2D eigenvalue weighted by molar-refractivity contribution is 6.06. The number of nitrogen functional groups attached to an aromatic ring is 1. The van der Waals surface area contributed by atoms with Crippen molar-refractivity contribution in [2.45, 2.75) is 27.3 Å². The quantitative estimate of drug-likeness (QED) is 0.631. The molecular weight excluding hydrogens is 356 g/mol. The van der Waals surface area contributed by atoms with Crippen molar-refractivity contribution in [1.82, 2.24) is 15.0 Å². The van der Waals surface area contributed by atoms with E-state index < -0.39 is 5.91 Å². The molecule has 0 unspecified atom stereocenters. The summed E-state index contributed by atoms with van der Waals surface area (Å²) < 4.78 is 1.20. The van der Waals surface area contributed by atoms with Gasteiger partial charge < -0.3 is 16.4 Å². The Morgan fingerprint density at radius 1 is 1.00 bits per heavy atom. The number of hydrogen-bond acceptors (Lipinski definition) is 5. The molecule has 0 aliphatic rings. The van der Waals surface area contributed by atoms with Crippen LogP contribution in [0.3, 0.4) is 0 Å². The average molecular weight is 378 g/mol. The summed E-state index contributed by atoms with van der Waals surface area (Å²) in [5, 5.41) is 13.2. The number of nitrogens with zero attached hydrogens (tertiary/aromatic N) is 3. The second-order valence-electron chi connectivity index (χ2n) is 6.67. The number of carbonyl (C=O) groups excluding carboxylic acids is 2. The number of carbonyl (C=O) groups is 2. The lowest BCUT2D eigenvalue weighted by atomic mass is 10.1. The SMILES string of the molecule is Cc1ccc(NC(=O)Cn2nnc(C(=O)Nc3cc(C)ccc3C)c2N)cc1. The Labute approximate surface area is 162 Å². The van der Waals surface area contributed by atoms with Crippen LogP contribution in [-0.4, -0.2) is 26.8 Å². The van der Waals surface area contributed by atoms with Gasteiger partial charge in [-0.25, -0.2) is 4.68 Å². The third-order valence-electron chi connectivity index (χ3n) is 4.26. The van der Waals surface area contributed by atoms with Crippen molar-refractivity contribution in [1.29, 1.82) is 0 Å². The van der Waals surface area contributed by atoms with Gasteiger partial charge >= 0.3 is 0 Å². The third kappa shape index (κ3) is 4.35. The Kier molecular flexibility index (Phi) is 5.39. The molecule has 1 aromatic heterocycles. The van der Waals surface area contributed by atoms with E-state index in [1.54, 1.807) is 12.1 Å². The van der Waals surface area contributed by atoms with Gasteiger partial charge in [0.15, 0.2) is 11.5 Å². The standard InChI is InChI=1S/C20H22N6O2/c1-12-5-8-15(9-6-12)22-17(27)11-26-19(21)18(24-25-26)20(28)23-16-10-13(2)4-7-14(16)3/h4-10H,11,21H2,1-3H3,(H,22,27)(H,23,28). The highest BCUT2D eigenvalue weighted by Crippen LogP contribution is 2.18. The van der Waals surface area contributed by atoms with Crippen LogP contribution in [0.4, 0.5) is 17.2 Å². The predicted octanol–water partition coefficient (Wildman–Crippen LogP) is 2.68. The van der Waals surface area contributed by atoms with E-state index >= 15 is 0 Å². The van der Waals surface area contributed by atoms with E-state index in [0.29, 0.717) is 11.4 Å². The summed E-state index contributed by atoms with van der Waals surface area (Å²) >= 11 is 0. The molecule has 8 heteroatoms. The van der Waals surface area contributed by atoms with Crippen molar-refractivity contribution in [3.63, 3.8) is 0 Å². The molecule has 28 heavy (non-hydrogen) atoms. The van der Waals surface area contributed by atoms with E-state index in [1.165, 1.54) is 4.68 Å². The predicted molar refractivity (Wildman–Crippen MR) is 108 cm³/mol. The van der Waals surface area contributed by atoms with E-state index in [4.69, 9.17) is 5.73 Å². The first-order chi connectivity index (χ1) is 13.3. The lowest BCUT2D eigenvalue weighted by molar-refractivity contribution is -0.116. The Morgan fingerprint density at radius 3 is 2.39 bits per heavy atom. The van der Waals surface area contributed by atoms with Crippen LogP contribution in [0.25, 0.3) is 0 Å². The zero-order valence-corrected chi connectivity index (χ0v) is 16.0. The van der Waals surface area contributed by atoms with Gasteiger partial charge in [0, 0.05) is 11.4 Å². The van der Waals surface area contributed by atoms with Crippen molar-refractivity contribution >= 4 is 29.0 Å². The molecule has 0 saturated carbocycles. The smallest absolute Gasteiger partial charge is 0.280 e. The molecule has 4 N–H and O–H groups in total. The van der Waals surface area contributed by atoms with Crippen LogP contribution in [0.15, 0.2) is 42.5 Å². The van der Waals surface area contributed by atoms with Crippen LogP contribution in [0.1, 0.15) is 27.2 Å². The molecule has 0 saturated heterocycles. The number of rotatable bonds is 5.